The summed E-state index contributed by atoms with van der Waals surface area (Å²) in [7, 11) is 1.40. The van der Waals surface area contributed by atoms with Crippen LogP contribution in [0, 0.1) is 0 Å². The third-order valence-electron chi connectivity index (χ3n) is 2.78. The van der Waals surface area contributed by atoms with Crippen molar-refractivity contribution in [2.24, 2.45) is 0 Å². The first kappa shape index (κ1) is 16.7. The topological polar surface area (TPSA) is 120 Å². The normalized spacial score (nSPS) is 14.2. The van der Waals surface area contributed by atoms with Crippen molar-refractivity contribution in [1.82, 2.24) is 0 Å². The molecule has 0 saturated heterocycles. The fourth-order valence-corrected chi connectivity index (χ4v) is 1.60. The molecule has 20 heavy (non-hydrogen) atoms. The van der Waals surface area contributed by atoms with Crippen LogP contribution in [0.4, 0.5) is 0 Å². The van der Waals surface area contributed by atoms with Gasteiger partial charge < -0.3 is 35.0 Å². The second kappa shape index (κ2) is 8.03. The predicted octanol–water partition coefficient (Wildman–Crippen LogP) is -1.19. The van der Waals surface area contributed by atoms with Gasteiger partial charge in [0.25, 0.3) is 0 Å². The van der Waals surface area contributed by atoms with Gasteiger partial charge in [-0.1, -0.05) is 6.07 Å². The molecule has 0 aliphatic carbocycles. The lowest BCUT2D eigenvalue weighted by Gasteiger charge is -2.20. The second-order valence-corrected chi connectivity index (χ2v) is 4.21. The van der Waals surface area contributed by atoms with E-state index in [2.05, 4.69) is 0 Å². The molecular formula is C13H20O7. The Bertz CT molecular complexity index is 406. The third kappa shape index (κ3) is 4.06. The molecule has 0 heterocycles. The van der Waals surface area contributed by atoms with Crippen molar-refractivity contribution < 1.29 is 35.0 Å². The first-order valence-electron chi connectivity index (χ1n) is 6.10. The highest BCUT2D eigenvalue weighted by Crippen LogP contribution is 2.31. The number of rotatable bonds is 8. The van der Waals surface area contributed by atoms with E-state index in [1.165, 1.54) is 25.3 Å². The zero-order valence-electron chi connectivity index (χ0n) is 11.1. The lowest BCUT2D eigenvalue weighted by Crippen LogP contribution is -2.25. The van der Waals surface area contributed by atoms with Crippen molar-refractivity contribution in [2.45, 2.75) is 18.3 Å². The Morgan fingerprint density at radius 1 is 1.00 bits per heavy atom. The Labute approximate surface area is 116 Å². The predicted molar refractivity (Wildman–Crippen MR) is 69.6 cm³/mol. The van der Waals surface area contributed by atoms with E-state index in [4.69, 9.17) is 24.8 Å². The quantitative estimate of drug-likeness (QED) is 0.408. The summed E-state index contributed by atoms with van der Waals surface area (Å²) >= 11 is 0. The van der Waals surface area contributed by atoms with Crippen LogP contribution in [0.5, 0.6) is 11.5 Å². The molecule has 2 atom stereocenters. The van der Waals surface area contributed by atoms with E-state index in [0.717, 1.165) is 0 Å². The molecule has 0 aromatic heterocycles. The van der Waals surface area contributed by atoms with Gasteiger partial charge in [-0.3, -0.25) is 0 Å². The van der Waals surface area contributed by atoms with E-state index in [-0.39, 0.29) is 24.7 Å². The SMILES string of the molecule is COc1cc([C@H](O)[C@@H](O)CO)ccc1OC(CO)CO. The molecule has 1 aromatic carbocycles. The van der Waals surface area contributed by atoms with Crippen LogP contribution in [-0.4, -0.2) is 64.7 Å². The van der Waals surface area contributed by atoms with Crippen molar-refractivity contribution in [2.75, 3.05) is 26.9 Å². The Balaban J connectivity index is 2.95. The molecule has 7 heteroatoms. The van der Waals surface area contributed by atoms with E-state index in [9.17, 15) is 10.2 Å². The van der Waals surface area contributed by atoms with Crippen LogP contribution in [-0.2, 0) is 0 Å². The summed E-state index contributed by atoms with van der Waals surface area (Å²) in [5.41, 5.74) is 0.347. The summed E-state index contributed by atoms with van der Waals surface area (Å²) in [6, 6.07) is 4.43. The van der Waals surface area contributed by atoms with E-state index in [1.807, 2.05) is 0 Å². The minimum absolute atomic E-state index is 0.276. The van der Waals surface area contributed by atoms with Crippen molar-refractivity contribution in [3.63, 3.8) is 0 Å². The highest BCUT2D eigenvalue weighted by Gasteiger charge is 2.20. The molecule has 1 aromatic rings. The van der Waals surface area contributed by atoms with Gasteiger partial charge in [0.2, 0.25) is 0 Å². The van der Waals surface area contributed by atoms with E-state index in [0.29, 0.717) is 5.56 Å². The standard InChI is InChI=1S/C13H20O7/c1-19-12-4-8(13(18)10(17)7-16)2-3-11(12)20-9(5-14)6-15/h2-4,9-10,13-18H,5-7H2,1H3/t10-,13-/m0/s1. The number of benzene rings is 1. The van der Waals surface area contributed by atoms with Crippen LogP contribution in [0.25, 0.3) is 0 Å². The molecule has 114 valence electrons. The van der Waals surface area contributed by atoms with Gasteiger partial charge in [0.05, 0.1) is 26.9 Å². The van der Waals surface area contributed by atoms with Gasteiger partial charge >= 0.3 is 0 Å². The summed E-state index contributed by atoms with van der Waals surface area (Å²) in [4.78, 5) is 0. The number of methoxy groups -OCH3 is 1. The van der Waals surface area contributed by atoms with Gasteiger partial charge in [0.15, 0.2) is 11.5 Å². The van der Waals surface area contributed by atoms with Gasteiger partial charge in [-0.05, 0) is 17.7 Å². The minimum atomic E-state index is -1.30. The van der Waals surface area contributed by atoms with Crippen molar-refractivity contribution >= 4 is 0 Å². The maximum atomic E-state index is 9.79. The smallest absolute Gasteiger partial charge is 0.161 e. The number of aliphatic hydroxyl groups is 5. The molecule has 0 fully saturated rings. The molecular weight excluding hydrogens is 268 g/mol. The van der Waals surface area contributed by atoms with E-state index >= 15 is 0 Å². The zero-order valence-corrected chi connectivity index (χ0v) is 11.1. The number of ether oxygens (including phenoxy) is 2. The minimum Gasteiger partial charge on any atom is -0.493 e. The largest absolute Gasteiger partial charge is 0.493 e. The number of hydrogen-bond acceptors (Lipinski definition) is 7. The van der Waals surface area contributed by atoms with Gasteiger partial charge in [-0.15, -0.1) is 0 Å². The van der Waals surface area contributed by atoms with Crippen LogP contribution in [0.1, 0.15) is 11.7 Å². The van der Waals surface area contributed by atoms with Crippen LogP contribution in [0.3, 0.4) is 0 Å². The Hall–Kier alpha value is -1.38. The zero-order chi connectivity index (χ0) is 15.1. The van der Waals surface area contributed by atoms with E-state index < -0.39 is 24.9 Å². The van der Waals surface area contributed by atoms with Crippen LogP contribution >= 0.6 is 0 Å². The maximum Gasteiger partial charge on any atom is 0.161 e. The third-order valence-corrected chi connectivity index (χ3v) is 2.78. The van der Waals surface area contributed by atoms with Gasteiger partial charge in [0.1, 0.15) is 18.3 Å². The highest BCUT2D eigenvalue weighted by molar-refractivity contribution is 5.44. The average molecular weight is 288 g/mol. The fourth-order valence-electron chi connectivity index (χ4n) is 1.60. The summed E-state index contributed by atoms with van der Waals surface area (Å²) in [6.45, 7) is -1.28. The van der Waals surface area contributed by atoms with Gasteiger partial charge in [-0.2, -0.15) is 0 Å². The Morgan fingerprint density at radius 2 is 1.65 bits per heavy atom. The maximum absolute atomic E-state index is 9.79. The summed E-state index contributed by atoms with van der Waals surface area (Å²) in [6.07, 6.45) is -3.33. The molecule has 5 N–H and O–H groups in total. The molecule has 0 bridgehead atoms. The van der Waals surface area contributed by atoms with Crippen molar-refractivity contribution in [3.8, 4) is 11.5 Å². The molecule has 0 amide bonds. The number of aliphatic hydroxyl groups excluding tert-OH is 5. The van der Waals surface area contributed by atoms with Gasteiger partial charge in [0, 0.05) is 0 Å². The van der Waals surface area contributed by atoms with Crippen LogP contribution in [0.2, 0.25) is 0 Å². The van der Waals surface area contributed by atoms with Crippen molar-refractivity contribution in [3.05, 3.63) is 23.8 Å². The summed E-state index contributed by atoms with van der Waals surface area (Å²) in [5.74, 6) is 0.564. The highest BCUT2D eigenvalue weighted by atomic mass is 16.5. The lowest BCUT2D eigenvalue weighted by molar-refractivity contribution is -0.0154. The molecule has 0 aliphatic heterocycles. The molecule has 7 nitrogen and oxygen atoms in total. The van der Waals surface area contributed by atoms with Gasteiger partial charge in [-0.25, -0.2) is 0 Å². The van der Waals surface area contributed by atoms with Crippen molar-refractivity contribution in [1.29, 1.82) is 0 Å². The molecule has 0 unspecified atom stereocenters. The van der Waals surface area contributed by atoms with Crippen LogP contribution < -0.4 is 9.47 Å². The first-order chi connectivity index (χ1) is 9.57. The molecule has 0 spiro atoms. The molecule has 0 aliphatic rings. The first-order valence-corrected chi connectivity index (χ1v) is 6.10. The number of hydrogen-bond donors (Lipinski definition) is 5. The lowest BCUT2D eigenvalue weighted by atomic mass is 10.0. The van der Waals surface area contributed by atoms with Crippen LogP contribution in [0.15, 0.2) is 18.2 Å². The monoisotopic (exact) mass is 288 g/mol. The second-order valence-electron chi connectivity index (χ2n) is 4.21. The summed E-state index contributed by atoms with van der Waals surface area (Å²) < 4.78 is 10.4. The van der Waals surface area contributed by atoms with E-state index in [1.54, 1.807) is 0 Å². The molecule has 0 radical (unpaired) electrons. The molecule has 0 saturated carbocycles. The fraction of sp³-hybridized carbons (Fsp3) is 0.538. The summed E-state index contributed by atoms with van der Waals surface area (Å²) in [5, 5.41) is 45.9. The Kier molecular flexibility index (Phi) is 6.69. The Morgan fingerprint density at radius 3 is 2.15 bits per heavy atom. The molecule has 1 rings (SSSR count). The average Bonchev–Trinajstić information content (AvgIpc) is 2.50.